The number of hydrogen-bond donors (Lipinski definition) is 6. The lowest BCUT2D eigenvalue weighted by atomic mass is 9.99. The third-order valence-electron chi connectivity index (χ3n) is 11.8. The van der Waals surface area contributed by atoms with Crippen LogP contribution in [-0.4, -0.2) is 87.5 Å². The van der Waals surface area contributed by atoms with Crippen LogP contribution in [0.5, 0.6) is 0 Å². The van der Waals surface area contributed by atoms with Crippen molar-refractivity contribution >= 4 is 5.91 Å². The summed E-state index contributed by atoms with van der Waals surface area (Å²) in [5.74, 6) is -0.215. The molecule has 7 unspecified atom stereocenters. The molecule has 408 valence electrons. The summed E-state index contributed by atoms with van der Waals surface area (Å²) in [6, 6.07) is -0.844. The molecule has 73 heavy (non-hydrogen) atoms. The molecule has 7 atom stereocenters. The molecular formula is C64H99NO8. The van der Waals surface area contributed by atoms with E-state index in [9.17, 15) is 30.3 Å². The van der Waals surface area contributed by atoms with Crippen LogP contribution in [0.1, 0.15) is 168 Å². The molecule has 0 spiro atoms. The van der Waals surface area contributed by atoms with Crippen LogP contribution in [0.4, 0.5) is 0 Å². The summed E-state index contributed by atoms with van der Waals surface area (Å²) in [6.07, 6.45) is 76.0. The first-order valence-electron chi connectivity index (χ1n) is 27.8. The zero-order valence-electron chi connectivity index (χ0n) is 45.1. The molecule has 1 fully saturated rings. The van der Waals surface area contributed by atoms with Crippen LogP contribution >= 0.6 is 0 Å². The van der Waals surface area contributed by atoms with Crippen molar-refractivity contribution in [2.45, 2.75) is 211 Å². The SMILES string of the molecule is C/C=C/CC/C=C/CC/C=C/C(O)C(COC1OC(CO)C(O)C(O)C1O)NC(=O)CCCCCCCCC/C=C\C/C=C\C/C=C\C/C=C\C/C=C\C/C=C\C/C=C\C/C=C\C/C=C\C/C=C\C/C=C\CC. The Morgan fingerprint density at radius 3 is 1.32 bits per heavy atom. The monoisotopic (exact) mass is 1010 g/mol. The predicted octanol–water partition coefficient (Wildman–Crippen LogP) is 13.8. The summed E-state index contributed by atoms with van der Waals surface area (Å²) in [6.45, 7) is 3.36. The van der Waals surface area contributed by atoms with Crippen LogP contribution < -0.4 is 5.32 Å². The van der Waals surface area contributed by atoms with Gasteiger partial charge in [0, 0.05) is 6.42 Å². The highest BCUT2D eigenvalue weighted by atomic mass is 16.7. The molecule has 1 saturated heterocycles. The molecule has 0 aromatic carbocycles. The maximum absolute atomic E-state index is 13.0. The van der Waals surface area contributed by atoms with Gasteiger partial charge >= 0.3 is 0 Å². The quantitative estimate of drug-likeness (QED) is 0.0261. The fraction of sp³-hybridized carbons (Fsp3) is 0.547. The maximum Gasteiger partial charge on any atom is 0.220 e. The largest absolute Gasteiger partial charge is 0.394 e. The third kappa shape index (κ3) is 40.6. The van der Waals surface area contributed by atoms with Crippen LogP contribution in [0.3, 0.4) is 0 Å². The van der Waals surface area contributed by atoms with Gasteiger partial charge in [-0.15, -0.1) is 0 Å². The van der Waals surface area contributed by atoms with Gasteiger partial charge in [-0.05, 0) is 122 Å². The second-order valence-corrected chi connectivity index (χ2v) is 18.3. The number of carbonyl (C=O) groups is 1. The molecule has 0 radical (unpaired) electrons. The van der Waals surface area contributed by atoms with Gasteiger partial charge in [0.2, 0.25) is 5.91 Å². The Morgan fingerprint density at radius 1 is 0.493 bits per heavy atom. The van der Waals surface area contributed by atoms with Crippen LogP contribution in [-0.2, 0) is 14.3 Å². The minimum atomic E-state index is -1.59. The summed E-state index contributed by atoms with van der Waals surface area (Å²) < 4.78 is 11.2. The Hall–Kier alpha value is -4.45. The molecule has 6 N–H and O–H groups in total. The van der Waals surface area contributed by atoms with E-state index in [1.54, 1.807) is 6.08 Å². The molecule has 1 rings (SSSR count). The van der Waals surface area contributed by atoms with Crippen molar-refractivity contribution < 1.29 is 39.8 Å². The first kappa shape index (κ1) is 66.6. The number of aliphatic hydroxyl groups excluding tert-OH is 5. The van der Waals surface area contributed by atoms with E-state index in [-0.39, 0.29) is 12.5 Å². The van der Waals surface area contributed by atoms with E-state index in [1.165, 1.54) is 19.3 Å². The molecule has 0 aromatic rings. The minimum absolute atomic E-state index is 0.215. The van der Waals surface area contributed by atoms with Crippen LogP contribution in [0.25, 0.3) is 0 Å². The summed E-state index contributed by atoms with van der Waals surface area (Å²) in [5.41, 5.74) is 0. The van der Waals surface area contributed by atoms with Crippen LogP contribution in [0, 0.1) is 0 Å². The van der Waals surface area contributed by atoms with Crippen LogP contribution in [0.15, 0.2) is 170 Å². The molecule has 0 saturated carbocycles. The van der Waals surface area contributed by atoms with Crippen molar-refractivity contribution in [2.75, 3.05) is 13.2 Å². The zero-order chi connectivity index (χ0) is 52.9. The summed E-state index contributed by atoms with van der Waals surface area (Å²) in [4.78, 5) is 13.0. The van der Waals surface area contributed by atoms with Gasteiger partial charge in [-0.3, -0.25) is 4.79 Å². The highest BCUT2D eigenvalue weighted by Crippen LogP contribution is 2.22. The lowest BCUT2D eigenvalue weighted by Crippen LogP contribution is -2.60. The van der Waals surface area contributed by atoms with E-state index in [2.05, 4.69) is 164 Å². The topological polar surface area (TPSA) is 149 Å². The second kappa shape index (κ2) is 51.1. The molecule has 1 aliphatic heterocycles. The van der Waals surface area contributed by atoms with Crippen molar-refractivity contribution in [2.24, 2.45) is 0 Å². The summed E-state index contributed by atoms with van der Waals surface area (Å²) in [5, 5.41) is 54.1. The fourth-order valence-corrected chi connectivity index (χ4v) is 7.49. The Bertz CT molecular complexity index is 1740. The van der Waals surface area contributed by atoms with E-state index in [0.29, 0.717) is 12.8 Å². The van der Waals surface area contributed by atoms with Gasteiger partial charge in [-0.25, -0.2) is 0 Å². The van der Waals surface area contributed by atoms with E-state index in [0.717, 1.165) is 122 Å². The molecule has 1 aliphatic rings. The molecule has 9 nitrogen and oxygen atoms in total. The fourth-order valence-electron chi connectivity index (χ4n) is 7.49. The summed E-state index contributed by atoms with van der Waals surface area (Å²) in [7, 11) is 0. The summed E-state index contributed by atoms with van der Waals surface area (Å²) >= 11 is 0. The van der Waals surface area contributed by atoms with Crippen LogP contribution in [0.2, 0.25) is 0 Å². The number of ether oxygens (including phenoxy) is 2. The van der Waals surface area contributed by atoms with Gasteiger partial charge in [0.05, 0.1) is 25.4 Å². The van der Waals surface area contributed by atoms with Gasteiger partial charge in [0.15, 0.2) is 6.29 Å². The number of rotatable bonds is 44. The number of allylic oxidation sites excluding steroid dienone is 27. The van der Waals surface area contributed by atoms with Gasteiger partial charge in [0.1, 0.15) is 24.4 Å². The standard InChI is InChI=1S/C64H99NO8/c1-3-5-7-9-11-13-14-15-16-17-18-19-20-21-22-23-24-25-26-27-28-29-30-31-32-33-34-35-36-37-38-39-40-41-42-43-44-46-48-50-52-54-60(68)65-57(58(67)53-51-49-47-45-12-10-8-6-4-2)56-72-64-63(71)62(70)61(69)59(55-66)73-64/h4-7,11-13,15-16,18-19,21-22,24-25,27-28,30-31,33-34,36-37,39-40,45,51,53,57-59,61-64,66-67,69-71H,3,8-10,14,17,20,23,26,29,32,35,38,41-44,46-50,52,54-56H2,1-2H3,(H,65,68)/b6-4+,7-5-,13-11-,16-15-,19-18-,22-21-,25-24-,28-27-,31-30-,34-33-,37-36-,40-39-,45-12+,53-51+. The minimum Gasteiger partial charge on any atom is -0.394 e. The van der Waals surface area contributed by atoms with Crippen molar-refractivity contribution in [1.82, 2.24) is 5.32 Å². The first-order chi connectivity index (χ1) is 35.8. The van der Waals surface area contributed by atoms with Gasteiger partial charge in [-0.1, -0.05) is 209 Å². The highest BCUT2D eigenvalue weighted by Gasteiger charge is 2.44. The number of hydrogen-bond acceptors (Lipinski definition) is 8. The van der Waals surface area contributed by atoms with E-state index < -0.39 is 49.5 Å². The number of carbonyl (C=O) groups excluding carboxylic acids is 1. The van der Waals surface area contributed by atoms with Gasteiger partial charge in [-0.2, -0.15) is 0 Å². The molecule has 1 amide bonds. The maximum atomic E-state index is 13.0. The Morgan fingerprint density at radius 2 is 0.877 bits per heavy atom. The van der Waals surface area contributed by atoms with Crippen molar-refractivity contribution in [1.29, 1.82) is 0 Å². The zero-order valence-corrected chi connectivity index (χ0v) is 45.1. The average molecular weight is 1010 g/mol. The first-order valence-corrected chi connectivity index (χ1v) is 27.8. The third-order valence-corrected chi connectivity index (χ3v) is 11.8. The Balaban J connectivity index is 2.14. The average Bonchev–Trinajstić information content (AvgIpc) is 3.39. The van der Waals surface area contributed by atoms with Crippen molar-refractivity contribution in [3.63, 3.8) is 0 Å². The van der Waals surface area contributed by atoms with Gasteiger partial charge < -0.3 is 40.3 Å². The molecule has 9 heteroatoms. The van der Waals surface area contributed by atoms with Gasteiger partial charge in [0.25, 0.3) is 0 Å². The van der Waals surface area contributed by atoms with E-state index in [1.807, 2.05) is 19.1 Å². The molecule has 1 heterocycles. The van der Waals surface area contributed by atoms with Crippen molar-refractivity contribution in [3.05, 3.63) is 170 Å². The lowest BCUT2D eigenvalue weighted by Gasteiger charge is -2.40. The highest BCUT2D eigenvalue weighted by molar-refractivity contribution is 5.76. The molecule has 0 aliphatic carbocycles. The van der Waals surface area contributed by atoms with E-state index >= 15 is 0 Å². The molecular weight excluding hydrogens is 911 g/mol. The second-order valence-electron chi connectivity index (χ2n) is 18.3. The van der Waals surface area contributed by atoms with Crippen molar-refractivity contribution in [3.8, 4) is 0 Å². The normalized spacial score (nSPS) is 20.5. The van der Waals surface area contributed by atoms with E-state index in [4.69, 9.17) is 9.47 Å². The number of amides is 1. The number of nitrogens with one attached hydrogen (secondary N) is 1. The predicted molar refractivity (Wildman–Crippen MR) is 308 cm³/mol. The molecule has 0 bridgehead atoms. The smallest absolute Gasteiger partial charge is 0.220 e. The lowest BCUT2D eigenvalue weighted by molar-refractivity contribution is -0.302. The Labute approximate surface area is 443 Å². The Kier molecular flexibility index (Phi) is 46.6. The molecule has 0 aromatic heterocycles. The number of aliphatic hydroxyl groups is 5. The number of unbranched alkanes of at least 4 members (excludes halogenated alkanes) is 9.